The summed E-state index contributed by atoms with van der Waals surface area (Å²) < 4.78 is 25.0. The van der Waals surface area contributed by atoms with Gasteiger partial charge in [0.05, 0.1) is 31.2 Å². The number of aryl methyl sites for hydroxylation is 1. The van der Waals surface area contributed by atoms with Crippen LogP contribution < -0.4 is 18.9 Å². The van der Waals surface area contributed by atoms with Crippen LogP contribution in [0.4, 0.5) is 0 Å². The number of Topliss-reactive ketones (excluding diaryl/α,β-unsaturated/α-hetero) is 1. The monoisotopic (exact) mass is 561 g/mol. The van der Waals surface area contributed by atoms with Crippen molar-refractivity contribution in [3.05, 3.63) is 71.8 Å². The number of benzene rings is 2. The first kappa shape index (κ1) is 28.1. The van der Waals surface area contributed by atoms with E-state index in [9.17, 15) is 14.7 Å². The number of carbonyl (C=O) groups excluding carboxylic acids is 2. The van der Waals surface area contributed by atoms with Crippen LogP contribution in [0, 0.1) is 0 Å². The number of hydrogen-bond donors (Lipinski definition) is 1. The maximum absolute atomic E-state index is 13.5. The highest BCUT2D eigenvalue weighted by atomic mass is 16.6. The molecule has 1 N–H and O–H groups in total. The second-order valence-corrected chi connectivity index (χ2v) is 9.85. The Balaban J connectivity index is 1.55. The van der Waals surface area contributed by atoms with Crippen LogP contribution >= 0.6 is 0 Å². The molecule has 1 aromatic heterocycles. The van der Waals surface area contributed by atoms with Crippen molar-refractivity contribution >= 4 is 17.4 Å². The predicted octanol–water partition coefficient (Wildman–Crippen LogP) is 4.74. The molecule has 10 heteroatoms. The maximum atomic E-state index is 13.5. The molecule has 5 rings (SSSR count). The normalized spacial score (nSPS) is 17.6. The summed E-state index contributed by atoms with van der Waals surface area (Å²) in [5.74, 6) is 0.455. The Hall–Kier alpha value is -4.47. The molecule has 216 valence electrons. The minimum absolute atomic E-state index is 0.0106. The molecule has 0 unspecified atom stereocenters. The fraction of sp³-hybridized carbons (Fsp3) is 0.387. The second kappa shape index (κ2) is 12.8. The van der Waals surface area contributed by atoms with Crippen LogP contribution in [0.3, 0.4) is 0 Å². The molecule has 41 heavy (non-hydrogen) atoms. The quantitative estimate of drug-likeness (QED) is 0.146. The topological polar surface area (TPSA) is 112 Å². The molecule has 0 saturated carbocycles. The van der Waals surface area contributed by atoms with Crippen molar-refractivity contribution < 1.29 is 33.6 Å². The Labute approximate surface area is 239 Å². The van der Waals surface area contributed by atoms with Gasteiger partial charge in [-0.3, -0.25) is 9.59 Å². The third-order valence-electron chi connectivity index (χ3n) is 7.07. The maximum Gasteiger partial charge on any atom is 0.295 e. The van der Waals surface area contributed by atoms with Crippen LogP contribution in [0.25, 0.3) is 5.76 Å². The Kier molecular flexibility index (Phi) is 8.76. The number of nitrogens with zero attached hydrogens (tertiary/aromatic N) is 3. The largest absolute Gasteiger partial charge is 0.507 e. The van der Waals surface area contributed by atoms with Crippen molar-refractivity contribution in [1.29, 1.82) is 0 Å². The fourth-order valence-electron chi connectivity index (χ4n) is 5.05. The van der Waals surface area contributed by atoms with Crippen molar-refractivity contribution in [2.75, 3.05) is 33.0 Å². The van der Waals surface area contributed by atoms with Crippen LogP contribution in [0.5, 0.6) is 23.0 Å². The smallest absolute Gasteiger partial charge is 0.295 e. The number of ketones is 1. The zero-order chi connectivity index (χ0) is 28.8. The lowest BCUT2D eigenvalue weighted by molar-refractivity contribution is -0.139. The lowest BCUT2D eigenvalue weighted by atomic mass is 9.94. The van der Waals surface area contributed by atoms with Crippen molar-refractivity contribution in [1.82, 2.24) is 14.5 Å². The predicted molar refractivity (Wildman–Crippen MR) is 151 cm³/mol. The number of ether oxygens (including phenoxy) is 4. The number of aromatic nitrogens is 2. The van der Waals surface area contributed by atoms with Crippen LogP contribution in [0.15, 0.2) is 60.7 Å². The van der Waals surface area contributed by atoms with Crippen LogP contribution in [0.2, 0.25) is 0 Å². The van der Waals surface area contributed by atoms with Crippen molar-refractivity contribution in [2.24, 2.45) is 0 Å². The number of carbonyl (C=O) groups is 2. The SMILES string of the molecule is CCCCOc1ccc([C@@H]2C(=C(O)c3ccc4c(c3)OCCO4)C(=O)C(=O)N2CCCn2ccnc2)cc1OCC. The number of aliphatic hydroxyl groups excluding tert-OH is 1. The van der Waals surface area contributed by atoms with Gasteiger partial charge in [-0.2, -0.15) is 0 Å². The van der Waals surface area contributed by atoms with Gasteiger partial charge in [-0.15, -0.1) is 0 Å². The van der Waals surface area contributed by atoms with E-state index in [4.69, 9.17) is 18.9 Å². The summed E-state index contributed by atoms with van der Waals surface area (Å²) in [6.45, 7) is 6.66. The molecule has 10 nitrogen and oxygen atoms in total. The van der Waals surface area contributed by atoms with Gasteiger partial charge in [0.15, 0.2) is 23.0 Å². The van der Waals surface area contributed by atoms with E-state index in [1.54, 1.807) is 42.9 Å². The van der Waals surface area contributed by atoms with Gasteiger partial charge >= 0.3 is 0 Å². The average molecular weight is 562 g/mol. The first-order valence-electron chi connectivity index (χ1n) is 14.1. The van der Waals surface area contributed by atoms with E-state index in [-0.39, 0.29) is 11.3 Å². The minimum atomic E-state index is -0.824. The van der Waals surface area contributed by atoms with E-state index >= 15 is 0 Å². The molecular formula is C31H35N3O7. The second-order valence-electron chi connectivity index (χ2n) is 9.85. The molecule has 0 spiro atoms. The van der Waals surface area contributed by atoms with E-state index in [1.807, 2.05) is 23.8 Å². The van der Waals surface area contributed by atoms with Gasteiger partial charge in [0.25, 0.3) is 11.7 Å². The number of aliphatic hydroxyl groups is 1. The summed E-state index contributed by atoms with van der Waals surface area (Å²) in [4.78, 5) is 32.5. The Morgan fingerprint density at radius 2 is 1.83 bits per heavy atom. The van der Waals surface area contributed by atoms with Gasteiger partial charge in [-0.25, -0.2) is 4.98 Å². The van der Waals surface area contributed by atoms with Crippen molar-refractivity contribution in [2.45, 2.75) is 45.7 Å². The van der Waals surface area contributed by atoms with Crippen molar-refractivity contribution in [3.8, 4) is 23.0 Å². The molecule has 0 radical (unpaired) electrons. The van der Waals surface area contributed by atoms with Gasteiger partial charge in [0.1, 0.15) is 19.0 Å². The van der Waals surface area contributed by atoms with Crippen molar-refractivity contribution in [3.63, 3.8) is 0 Å². The number of amides is 1. The zero-order valence-corrected chi connectivity index (χ0v) is 23.4. The number of fused-ring (bicyclic) bond motifs is 1. The summed E-state index contributed by atoms with van der Waals surface area (Å²) in [6, 6.07) is 9.56. The Morgan fingerprint density at radius 3 is 2.59 bits per heavy atom. The number of likely N-dealkylation sites (tertiary alicyclic amines) is 1. The summed E-state index contributed by atoms with van der Waals surface area (Å²) in [7, 11) is 0. The minimum Gasteiger partial charge on any atom is -0.507 e. The average Bonchev–Trinajstić information content (AvgIpc) is 3.60. The third kappa shape index (κ3) is 6.01. The molecule has 1 saturated heterocycles. The molecule has 2 aliphatic heterocycles. The molecule has 3 aromatic rings. The fourth-order valence-corrected chi connectivity index (χ4v) is 5.05. The highest BCUT2D eigenvalue weighted by Crippen LogP contribution is 2.43. The summed E-state index contributed by atoms with van der Waals surface area (Å²) in [6.07, 6.45) is 7.73. The molecule has 2 aliphatic rings. The standard InChI is InChI=1S/C31H35N3O7/c1-3-5-15-39-23-9-7-21(18-25(23)38-4-2)28-27(29(35)22-8-10-24-26(19-22)41-17-16-40-24)30(36)31(37)34(28)13-6-12-33-14-11-32-20-33/h7-11,14,18-20,28,35H,3-6,12-13,15-17H2,1-2H3/t28-/m1/s1. The number of hydrogen-bond acceptors (Lipinski definition) is 8. The molecule has 1 atom stereocenters. The molecular weight excluding hydrogens is 526 g/mol. The Bertz CT molecular complexity index is 1420. The van der Waals surface area contributed by atoms with Gasteiger partial charge < -0.3 is 33.5 Å². The van der Waals surface area contributed by atoms with Gasteiger partial charge in [0.2, 0.25) is 0 Å². The summed E-state index contributed by atoms with van der Waals surface area (Å²) >= 11 is 0. The molecule has 1 fully saturated rings. The molecule has 1 amide bonds. The van der Waals surface area contributed by atoms with Crippen LogP contribution in [-0.4, -0.2) is 64.2 Å². The molecule has 0 aliphatic carbocycles. The third-order valence-corrected chi connectivity index (χ3v) is 7.07. The van der Waals surface area contributed by atoms with Crippen LogP contribution in [0.1, 0.15) is 50.3 Å². The molecule has 0 bridgehead atoms. The van der Waals surface area contributed by atoms with E-state index in [0.29, 0.717) is 80.1 Å². The van der Waals surface area contributed by atoms with Crippen LogP contribution in [-0.2, 0) is 16.1 Å². The van der Waals surface area contributed by atoms with E-state index in [1.165, 1.54) is 4.90 Å². The molecule has 3 heterocycles. The van der Waals surface area contributed by atoms with E-state index in [0.717, 1.165) is 12.8 Å². The van der Waals surface area contributed by atoms with Gasteiger partial charge in [0, 0.05) is 31.0 Å². The highest BCUT2D eigenvalue weighted by molar-refractivity contribution is 6.46. The number of imidazole rings is 1. The summed E-state index contributed by atoms with van der Waals surface area (Å²) in [5.41, 5.74) is 1.01. The van der Waals surface area contributed by atoms with Gasteiger partial charge in [-0.1, -0.05) is 19.4 Å². The highest BCUT2D eigenvalue weighted by Gasteiger charge is 2.46. The summed E-state index contributed by atoms with van der Waals surface area (Å²) in [5, 5.41) is 11.5. The lowest BCUT2D eigenvalue weighted by Gasteiger charge is -2.26. The first-order valence-corrected chi connectivity index (χ1v) is 14.1. The number of unbranched alkanes of at least 4 members (excludes halogenated alkanes) is 1. The number of rotatable bonds is 12. The van der Waals surface area contributed by atoms with Gasteiger partial charge in [-0.05, 0) is 55.7 Å². The molecule has 2 aromatic carbocycles. The first-order chi connectivity index (χ1) is 20.0. The Morgan fingerprint density at radius 1 is 1.00 bits per heavy atom. The lowest BCUT2D eigenvalue weighted by Crippen LogP contribution is -2.31. The van der Waals surface area contributed by atoms with E-state index in [2.05, 4.69) is 11.9 Å². The zero-order valence-electron chi connectivity index (χ0n) is 23.4. The van der Waals surface area contributed by atoms with E-state index < -0.39 is 17.7 Å².